The highest BCUT2D eigenvalue weighted by molar-refractivity contribution is 5.56. The topological polar surface area (TPSA) is 86.6 Å². The second-order valence-corrected chi connectivity index (χ2v) is 6.25. The molecule has 2 N–H and O–H groups in total. The molecule has 2 aliphatic heterocycles. The summed E-state index contributed by atoms with van der Waals surface area (Å²) in [6.45, 7) is -0.247. The molecule has 0 radical (unpaired) electrons. The molecular weight excluding hydrogens is 352 g/mol. The first kappa shape index (κ1) is 17.4. The Labute approximate surface area is 156 Å². The van der Waals surface area contributed by atoms with Crippen LogP contribution in [-0.2, 0) is 6.42 Å². The minimum atomic E-state index is -0.630. The minimum absolute atomic E-state index is 0.101. The maximum absolute atomic E-state index is 10.1. The van der Waals surface area contributed by atoms with Crippen LogP contribution < -0.4 is 23.7 Å². The second kappa shape index (κ2) is 6.92. The first-order valence-electron chi connectivity index (χ1n) is 8.52. The van der Waals surface area contributed by atoms with Gasteiger partial charge in [0.15, 0.2) is 35.2 Å². The number of hydrogen-bond donors (Lipinski definition) is 2. The van der Waals surface area contributed by atoms with Gasteiger partial charge in [-0.15, -0.1) is 0 Å². The highest BCUT2D eigenvalue weighted by Crippen LogP contribution is 2.46. The van der Waals surface area contributed by atoms with Gasteiger partial charge in [-0.05, 0) is 30.7 Å². The van der Waals surface area contributed by atoms with E-state index in [1.807, 2.05) is 12.1 Å². The predicted octanol–water partition coefficient (Wildman–Crippen LogP) is 2.73. The van der Waals surface area contributed by atoms with Crippen molar-refractivity contribution in [1.82, 2.24) is 0 Å². The maximum Gasteiger partial charge on any atom is 0.200 e. The van der Waals surface area contributed by atoms with Gasteiger partial charge in [-0.1, -0.05) is 0 Å². The molecule has 0 saturated carbocycles. The molecule has 2 heterocycles. The van der Waals surface area contributed by atoms with Crippen molar-refractivity contribution in [2.24, 2.45) is 0 Å². The molecule has 0 bridgehead atoms. The molecule has 0 amide bonds. The molecule has 27 heavy (non-hydrogen) atoms. The largest absolute Gasteiger partial charge is 0.502 e. The number of rotatable bonds is 4. The van der Waals surface area contributed by atoms with Gasteiger partial charge >= 0.3 is 0 Å². The molecule has 0 aromatic heterocycles. The van der Waals surface area contributed by atoms with Crippen molar-refractivity contribution in [2.75, 3.05) is 20.8 Å². The number of ether oxygens (including phenoxy) is 5. The number of hydrogen-bond acceptors (Lipinski definition) is 7. The molecule has 7 nitrogen and oxygen atoms in total. The van der Waals surface area contributed by atoms with Gasteiger partial charge in [0.2, 0.25) is 5.75 Å². The molecule has 0 aliphatic carbocycles. The number of phenolic OH excluding ortho intramolecular Hbond substituents is 1. The quantitative estimate of drug-likeness (QED) is 0.853. The lowest BCUT2D eigenvalue weighted by molar-refractivity contribution is -0.0127. The molecule has 0 fully saturated rings. The minimum Gasteiger partial charge on any atom is -0.502 e. The lowest BCUT2D eigenvalue weighted by Crippen LogP contribution is -2.36. The molecule has 2 aromatic carbocycles. The van der Waals surface area contributed by atoms with E-state index in [1.54, 1.807) is 24.5 Å². The highest BCUT2D eigenvalue weighted by atomic mass is 16.6. The third kappa shape index (κ3) is 3.00. The smallest absolute Gasteiger partial charge is 0.200 e. The van der Waals surface area contributed by atoms with E-state index in [1.165, 1.54) is 14.2 Å². The van der Waals surface area contributed by atoms with Crippen LogP contribution in [0.1, 0.15) is 17.2 Å². The van der Waals surface area contributed by atoms with Crippen LogP contribution in [0.2, 0.25) is 0 Å². The number of allylic oxidation sites excluding steroid dienone is 1. The molecule has 2 unspecified atom stereocenters. The van der Waals surface area contributed by atoms with Crippen LogP contribution in [0.5, 0.6) is 34.5 Å². The number of methoxy groups -OCH3 is 2. The number of fused-ring (bicyclic) bond motifs is 2. The van der Waals surface area contributed by atoms with E-state index in [9.17, 15) is 10.2 Å². The summed E-state index contributed by atoms with van der Waals surface area (Å²) < 4.78 is 28.1. The summed E-state index contributed by atoms with van der Waals surface area (Å²) >= 11 is 0. The van der Waals surface area contributed by atoms with Crippen molar-refractivity contribution in [3.05, 3.63) is 47.7 Å². The molecule has 2 atom stereocenters. The Balaban J connectivity index is 1.74. The van der Waals surface area contributed by atoms with Crippen LogP contribution in [-0.4, -0.2) is 37.1 Å². The molecular formula is C20H20O7. The first-order chi connectivity index (χ1) is 13.1. The average molecular weight is 372 g/mol. The maximum atomic E-state index is 10.1. The van der Waals surface area contributed by atoms with Crippen LogP contribution >= 0.6 is 0 Å². The van der Waals surface area contributed by atoms with Gasteiger partial charge in [-0.2, -0.15) is 0 Å². The Morgan fingerprint density at radius 2 is 1.70 bits per heavy atom. The zero-order valence-corrected chi connectivity index (χ0v) is 15.0. The monoisotopic (exact) mass is 372 g/mol. The summed E-state index contributed by atoms with van der Waals surface area (Å²) in [5, 5.41) is 20.0. The van der Waals surface area contributed by atoms with E-state index < -0.39 is 12.2 Å². The normalized spacial score (nSPS) is 19.8. The molecule has 0 saturated heterocycles. The molecule has 2 aliphatic rings. The van der Waals surface area contributed by atoms with Crippen molar-refractivity contribution in [3.8, 4) is 34.5 Å². The van der Waals surface area contributed by atoms with Crippen molar-refractivity contribution in [1.29, 1.82) is 0 Å². The van der Waals surface area contributed by atoms with Crippen molar-refractivity contribution < 1.29 is 33.9 Å². The van der Waals surface area contributed by atoms with Gasteiger partial charge in [0.25, 0.3) is 0 Å². The summed E-state index contributed by atoms with van der Waals surface area (Å²) in [6.07, 6.45) is 3.05. The van der Waals surface area contributed by atoms with E-state index >= 15 is 0 Å². The lowest BCUT2D eigenvalue weighted by atomic mass is 10.0. The van der Waals surface area contributed by atoms with Crippen molar-refractivity contribution in [2.45, 2.75) is 18.6 Å². The van der Waals surface area contributed by atoms with E-state index in [-0.39, 0.29) is 23.9 Å². The first-order valence-corrected chi connectivity index (χ1v) is 8.52. The SMILES string of the molecule is COc1cc(C2Oc3cc4c(cc3OC2CO)CC=CO4)cc(OC)c1O. The van der Waals surface area contributed by atoms with Crippen molar-refractivity contribution >= 4 is 0 Å². The van der Waals surface area contributed by atoms with Crippen LogP contribution in [0.4, 0.5) is 0 Å². The summed E-state index contributed by atoms with van der Waals surface area (Å²) in [7, 11) is 2.90. The Morgan fingerprint density at radius 3 is 2.37 bits per heavy atom. The molecule has 7 heteroatoms. The standard InChI is InChI=1S/C20H20O7/c1-23-16-7-12(8-17(24-2)19(16)22)20-18(10-21)26-14-6-11-4-3-5-25-13(11)9-15(14)27-20/h3,5-9,18,20-22H,4,10H2,1-2H3. The Bertz CT molecular complexity index is 865. The van der Waals surface area contributed by atoms with Gasteiger partial charge in [-0.25, -0.2) is 0 Å². The van der Waals surface area contributed by atoms with Gasteiger partial charge in [0.1, 0.15) is 5.75 Å². The van der Waals surface area contributed by atoms with Crippen LogP contribution in [0.3, 0.4) is 0 Å². The fourth-order valence-electron chi connectivity index (χ4n) is 3.26. The zero-order chi connectivity index (χ0) is 19.0. The third-order valence-corrected chi connectivity index (χ3v) is 4.64. The van der Waals surface area contributed by atoms with Gasteiger partial charge in [-0.3, -0.25) is 0 Å². The zero-order valence-electron chi connectivity index (χ0n) is 15.0. The second-order valence-electron chi connectivity index (χ2n) is 6.25. The van der Waals surface area contributed by atoms with Gasteiger partial charge < -0.3 is 33.9 Å². The Hall–Kier alpha value is -3.06. The van der Waals surface area contributed by atoms with Gasteiger partial charge in [0, 0.05) is 17.2 Å². The Kier molecular flexibility index (Phi) is 4.45. The van der Waals surface area contributed by atoms with E-state index in [0.29, 0.717) is 22.8 Å². The number of benzene rings is 2. The highest BCUT2D eigenvalue weighted by Gasteiger charge is 2.35. The number of aliphatic hydroxyl groups excluding tert-OH is 1. The fraction of sp³-hybridized carbons (Fsp3) is 0.300. The van der Waals surface area contributed by atoms with Crippen LogP contribution in [0, 0.1) is 0 Å². The third-order valence-electron chi connectivity index (χ3n) is 4.64. The summed E-state index contributed by atoms with van der Waals surface area (Å²) in [5.74, 6) is 2.17. The van der Waals surface area contributed by atoms with Crippen molar-refractivity contribution in [3.63, 3.8) is 0 Å². The molecule has 2 aromatic rings. The molecule has 4 rings (SSSR count). The summed E-state index contributed by atoms with van der Waals surface area (Å²) in [6, 6.07) is 6.92. The number of phenols is 1. The number of aromatic hydroxyl groups is 1. The van der Waals surface area contributed by atoms with E-state index in [4.69, 9.17) is 23.7 Å². The van der Waals surface area contributed by atoms with Gasteiger partial charge in [0.05, 0.1) is 27.1 Å². The predicted molar refractivity (Wildman–Crippen MR) is 96.0 cm³/mol. The Morgan fingerprint density at radius 1 is 1.00 bits per heavy atom. The van der Waals surface area contributed by atoms with Crippen LogP contribution in [0.15, 0.2) is 36.6 Å². The summed E-state index contributed by atoms with van der Waals surface area (Å²) in [4.78, 5) is 0. The lowest BCUT2D eigenvalue weighted by Gasteiger charge is -2.34. The number of aliphatic hydroxyl groups is 1. The van der Waals surface area contributed by atoms with Crippen LogP contribution in [0.25, 0.3) is 0 Å². The fourth-order valence-corrected chi connectivity index (χ4v) is 3.26. The van der Waals surface area contributed by atoms with E-state index in [0.717, 1.165) is 12.0 Å². The van der Waals surface area contributed by atoms with E-state index in [2.05, 4.69) is 0 Å². The summed E-state index contributed by atoms with van der Waals surface area (Å²) in [5.41, 5.74) is 1.63. The molecule has 142 valence electrons. The molecule has 0 spiro atoms. The average Bonchev–Trinajstić information content (AvgIpc) is 2.71.